The van der Waals surface area contributed by atoms with Gasteiger partial charge in [-0.3, -0.25) is 14.3 Å². The zero-order valence-corrected chi connectivity index (χ0v) is 21.3. The lowest BCUT2D eigenvalue weighted by Crippen LogP contribution is -2.48. The third-order valence-electron chi connectivity index (χ3n) is 6.42. The lowest BCUT2D eigenvalue weighted by atomic mass is 9.99. The molecule has 3 aromatic rings. The number of rotatable bonds is 9. The van der Waals surface area contributed by atoms with E-state index in [1.54, 1.807) is 10.9 Å². The van der Waals surface area contributed by atoms with Gasteiger partial charge in [0.05, 0.1) is 11.8 Å². The van der Waals surface area contributed by atoms with Gasteiger partial charge in [0.2, 0.25) is 0 Å². The van der Waals surface area contributed by atoms with Crippen LogP contribution in [-0.2, 0) is 24.2 Å². The first-order valence-corrected chi connectivity index (χ1v) is 12.4. The highest BCUT2D eigenvalue weighted by atomic mass is 16.4. The third kappa shape index (κ3) is 6.32. The molecule has 2 amide bonds. The van der Waals surface area contributed by atoms with Gasteiger partial charge in [0.1, 0.15) is 11.9 Å². The maximum Gasteiger partial charge on any atom is 0.328 e. The fraction of sp³-hybridized carbons (Fsp3) is 0.370. The fourth-order valence-corrected chi connectivity index (χ4v) is 4.61. The summed E-state index contributed by atoms with van der Waals surface area (Å²) in [4.78, 5) is 41.9. The molecule has 0 unspecified atom stereocenters. The topological polar surface area (TPSA) is 138 Å². The van der Waals surface area contributed by atoms with Crippen LogP contribution in [0.2, 0.25) is 0 Å². The van der Waals surface area contributed by atoms with E-state index in [2.05, 4.69) is 32.1 Å². The van der Waals surface area contributed by atoms with E-state index in [0.717, 1.165) is 47.6 Å². The lowest BCUT2D eigenvalue weighted by Gasteiger charge is -2.17. The van der Waals surface area contributed by atoms with Crippen molar-refractivity contribution in [3.8, 4) is 0 Å². The quantitative estimate of drug-likeness (QED) is 0.351. The van der Waals surface area contributed by atoms with E-state index in [9.17, 15) is 19.5 Å². The van der Waals surface area contributed by atoms with Crippen molar-refractivity contribution in [2.45, 2.75) is 52.6 Å². The molecule has 4 rings (SSSR count). The molecule has 0 saturated carbocycles. The fourth-order valence-electron chi connectivity index (χ4n) is 4.61. The van der Waals surface area contributed by atoms with Crippen molar-refractivity contribution in [3.05, 3.63) is 75.7 Å². The first-order chi connectivity index (χ1) is 17.7. The number of benzene rings is 1. The van der Waals surface area contributed by atoms with Crippen LogP contribution in [0.1, 0.15) is 55.1 Å². The Hall–Kier alpha value is -4.21. The summed E-state index contributed by atoms with van der Waals surface area (Å²) in [6.45, 7) is 6.76. The van der Waals surface area contributed by atoms with Gasteiger partial charge in [0.25, 0.3) is 11.8 Å². The van der Waals surface area contributed by atoms with Gasteiger partial charge >= 0.3 is 5.97 Å². The van der Waals surface area contributed by atoms with Crippen molar-refractivity contribution in [3.63, 3.8) is 0 Å². The number of carboxylic acids is 1. The number of fused-ring (bicyclic) bond motifs is 1. The minimum Gasteiger partial charge on any atom is -0.480 e. The molecule has 1 aromatic carbocycles. The molecule has 10 nitrogen and oxygen atoms in total. The number of carboxylic acid groups (broad SMARTS) is 1. The summed E-state index contributed by atoms with van der Waals surface area (Å²) in [6, 6.07) is 6.58. The number of anilines is 1. The van der Waals surface area contributed by atoms with Crippen molar-refractivity contribution < 1.29 is 19.5 Å². The lowest BCUT2D eigenvalue weighted by molar-refractivity contribution is -0.139. The predicted molar refractivity (Wildman–Crippen MR) is 139 cm³/mol. The Morgan fingerprint density at radius 1 is 1.14 bits per heavy atom. The van der Waals surface area contributed by atoms with Crippen molar-refractivity contribution >= 4 is 23.6 Å². The molecule has 0 spiro atoms. The second kappa shape index (κ2) is 11.2. The van der Waals surface area contributed by atoms with Gasteiger partial charge in [0, 0.05) is 43.5 Å². The molecule has 1 aliphatic rings. The van der Waals surface area contributed by atoms with E-state index in [-0.39, 0.29) is 6.54 Å². The molecular formula is C27H32N6O4. The number of pyridine rings is 1. The number of amides is 2. The molecule has 0 aliphatic carbocycles. The monoisotopic (exact) mass is 504 g/mol. The summed E-state index contributed by atoms with van der Waals surface area (Å²) < 4.78 is 1.66. The Balaban J connectivity index is 1.32. The Bertz CT molecular complexity index is 1310. The van der Waals surface area contributed by atoms with Gasteiger partial charge in [-0.05, 0) is 56.4 Å². The summed E-state index contributed by atoms with van der Waals surface area (Å²) in [7, 11) is 0. The number of carbonyl (C=O) groups excluding carboxylic acids is 2. The van der Waals surface area contributed by atoms with Crippen LogP contribution in [0.4, 0.5) is 5.82 Å². The van der Waals surface area contributed by atoms with Gasteiger partial charge in [0.15, 0.2) is 0 Å². The van der Waals surface area contributed by atoms with Crippen molar-refractivity contribution in [2.24, 2.45) is 0 Å². The second-order valence-corrected chi connectivity index (χ2v) is 9.43. The SMILES string of the molecule is Cc1cc(C)c(C(=O)N[C@@H](CNC(=O)c2cnn(CCc3ccc4c(n3)NCCC4)c2)C(=O)O)c(C)c1. The number of nitrogens with one attached hydrogen (secondary N) is 3. The van der Waals surface area contributed by atoms with Gasteiger partial charge in [-0.1, -0.05) is 23.8 Å². The second-order valence-electron chi connectivity index (χ2n) is 9.43. The zero-order valence-electron chi connectivity index (χ0n) is 21.3. The average Bonchev–Trinajstić information content (AvgIpc) is 3.33. The Labute approximate surface area is 215 Å². The van der Waals surface area contributed by atoms with Crippen LogP contribution in [0.5, 0.6) is 0 Å². The summed E-state index contributed by atoms with van der Waals surface area (Å²) in [6.07, 6.45) is 5.84. The number of aromatic nitrogens is 3. The Morgan fingerprint density at radius 3 is 2.62 bits per heavy atom. The molecule has 1 atom stereocenters. The van der Waals surface area contributed by atoms with Crippen LogP contribution in [-0.4, -0.2) is 56.8 Å². The average molecular weight is 505 g/mol. The molecule has 0 radical (unpaired) electrons. The van der Waals surface area contributed by atoms with Crippen molar-refractivity contribution in [1.82, 2.24) is 25.4 Å². The molecule has 10 heteroatoms. The maximum atomic E-state index is 12.8. The minimum absolute atomic E-state index is 0.263. The molecule has 0 bridgehead atoms. The van der Waals surface area contributed by atoms with Gasteiger partial charge < -0.3 is 21.1 Å². The first kappa shape index (κ1) is 25.9. The van der Waals surface area contributed by atoms with Gasteiger partial charge in [-0.25, -0.2) is 9.78 Å². The van der Waals surface area contributed by atoms with Crippen LogP contribution in [0.3, 0.4) is 0 Å². The van der Waals surface area contributed by atoms with Crippen LogP contribution in [0.25, 0.3) is 0 Å². The van der Waals surface area contributed by atoms with Crippen LogP contribution in [0, 0.1) is 20.8 Å². The molecule has 4 N–H and O–H groups in total. The Kier molecular flexibility index (Phi) is 7.86. The summed E-state index contributed by atoms with van der Waals surface area (Å²) in [5, 5.41) is 22.3. The number of aliphatic carboxylic acids is 1. The molecule has 0 fully saturated rings. The normalized spacial score (nSPS) is 13.3. The summed E-state index contributed by atoms with van der Waals surface area (Å²) >= 11 is 0. The van der Waals surface area contributed by atoms with Gasteiger partial charge in [-0.2, -0.15) is 5.10 Å². The van der Waals surface area contributed by atoms with Crippen LogP contribution in [0.15, 0.2) is 36.7 Å². The minimum atomic E-state index is -1.28. The van der Waals surface area contributed by atoms with Gasteiger partial charge in [-0.15, -0.1) is 0 Å². The standard InChI is InChI=1S/C27H32N6O4/c1-16-11-17(2)23(18(3)12-16)26(35)32-22(27(36)37)14-29-25(34)20-13-30-33(15-20)10-8-21-7-6-19-5-4-9-28-24(19)31-21/h6-7,11-13,15,22H,4-5,8-10,14H2,1-3H3,(H,28,31)(H,29,34)(H,32,35)(H,36,37)/t22-/m0/s1. The molecule has 194 valence electrons. The van der Waals surface area contributed by atoms with Crippen molar-refractivity contribution in [1.29, 1.82) is 0 Å². The number of aryl methyl sites for hydroxylation is 6. The highest BCUT2D eigenvalue weighted by Crippen LogP contribution is 2.20. The predicted octanol–water partition coefficient (Wildman–Crippen LogP) is 2.42. The van der Waals surface area contributed by atoms with E-state index < -0.39 is 23.8 Å². The number of hydrogen-bond acceptors (Lipinski definition) is 6. The number of carbonyl (C=O) groups is 3. The van der Waals surface area contributed by atoms with E-state index in [1.165, 1.54) is 11.8 Å². The summed E-state index contributed by atoms with van der Waals surface area (Å²) in [5.74, 6) is -1.25. The maximum absolute atomic E-state index is 12.8. The first-order valence-electron chi connectivity index (χ1n) is 12.4. The smallest absolute Gasteiger partial charge is 0.328 e. The molecule has 3 heterocycles. The molecule has 37 heavy (non-hydrogen) atoms. The van der Waals surface area contributed by atoms with E-state index >= 15 is 0 Å². The molecular weight excluding hydrogens is 472 g/mol. The highest BCUT2D eigenvalue weighted by molar-refractivity contribution is 5.99. The largest absolute Gasteiger partial charge is 0.480 e. The number of hydrogen-bond donors (Lipinski definition) is 4. The highest BCUT2D eigenvalue weighted by Gasteiger charge is 2.24. The zero-order chi connectivity index (χ0) is 26.5. The molecule has 0 saturated heterocycles. The van der Waals surface area contributed by atoms with Crippen molar-refractivity contribution in [2.75, 3.05) is 18.4 Å². The summed E-state index contributed by atoms with van der Waals surface area (Å²) in [5.41, 5.74) is 5.45. The molecule has 1 aliphatic heterocycles. The molecule has 2 aromatic heterocycles. The Morgan fingerprint density at radius 2 is 1.89 bits per heavy atom. The number of nitrogens with zero attached hydrogens (tertiary/aromatic N) is 3. The third-order valence-corrected chi connectivity index (χ3v) is 6.42. The van der Waals surface area contributed by atoms with E-state index in [1.807, 2.05) is 39.0 Å². The van der Waals surface area contributed by atoms with Crippen LogP contribution >= 0.6 is 0 Å². The van der Waals surface area contributed by atoms with E-state index in [4.69, 9.17) is 0 Å². The van der Waals surface area contributed by atoms with E-state index in [0.29, 0.717) is 24.1 Å². The van der Waals surface area contributed by atoms with Crippen LogP contribution < -0.4 is 16.0 Å².